The minimum atomic E-state index is -0.365. The zero-order valence-corrected chi connectivity index (χ0v) is 16.4. The number of unbranched alkanes of at least 4 members (excludes halogenated alkanes) is 1. The molecule has 0 unspecified atom stereocenters. The van der Waals surface area contributed by atoms with E-state index in [-0.39, 0.29) is 11.8 Å². The highest BCUT2D eigenvalue weighted by molar-refractivity contribution is 6.07. The summed E-state index contributed by atoms with van der Waals surface area (Å²) < 4.78 is 0. The number of aromatic nitrogens is 1. The molecule has 1 aliphatic heterocycles. The lowest BCUT2D eigenvalue weighted by Crippen LogP contribution is -2.47. The van der Waals surface area contributed by atoms with Crippen molar-refractivity contribution in [1.82, 2.24) is 15.2 Å². The third-order valence-electron chi connectivity index (χ3n) is 4.96. The Morgan fingerprint density at radius 2 is 1.79 bits per heavy atom. The van der Waals surface area contributed by atoms with E-state index in [1.807, 2.05) is 13.0 Å². The highest BCUT2D eigenvalue weighted by Crippen LogP contribution is 2.20. The Balaban J connectivity index is 1.60. The van der Waals surface area contributed by atoms with E-state index in [0.29, 0.717) is 17.8 Å². The molecule has 1 aromatic carbocycles. The Morgan fingerprint density at radius 3 is 2.50 bits per heavy atom. The van der Waals surface area contributed by atoms with E-state index in [4.69, 9.17) is 0 Å². The summed E-state index contributed by atoms with van der Waals surface area (Å²) in [7, 11) is 0. The second kappa shape index (κ2) is 9.99. The Hall–Kier alpha value is -2.73. The summed E-state index contributed by atoms with van der Waals surface area (Å²) in [5.74, 6) is 0.0629. The van der Waals surface area contributed by atoms with Crippen LogP contribution in [0, 0.1) is 0 Å². The molecular weight excluding hydrogens is 352 g/mol. The van der Waals surface area contributed by atoms with Crippen molar-refractivity contribution in [3.05, 3.63) is 59.8 Å². The molecule has 6 heteroatoms. The van der Waals surface area contributed by atoms with Gasteiger partial charge in [0.05, 0.1) is 5.56 Å². The summed E-state index contributed by atoms with van der Waals surface area (Å²) in [5, 5.41) is 2.50. The van der Waals surface area contributed by atoms with E-state index in [1.54, 1.807) is 18.3 Å². The van der Waals surface area contributed by atoms with Crippen LogP contribution in [0.1, 0.15) is 42.1 Å². The minimum Gasteiger partial charge on any atom is -0.353 e. The molecule has 0 aliphatic carbocycles. The highest BCUT2D eigenvalue weighted by Gasteiger charge is 2.23. The molecular formula is C22H28N4O2. The number of piperazine rings is 1. The third-order valence-corrected chi connectivity index (χ3v) is 4.96. The Kier molecular flexibility index (Phi) is 7.14. The molecule has 1 aromatic heterocycles. The number of benzene rings is 1. The van der Waals surface area contributed by atoms with Gasteiger partial charge in [0.25, 0.3) is 5.91 Å². The van der Waals surface area contributed by atoms with E-state index >= 15 is 0 Å². The number of carbonyl (C=O) groups is 2. The van der Waals surface area contributed by atoms with Crippen LogP contribution in [0.3, 0.4) is 0 Å². The summed E-state index contributed by atoms with van der Waals surface area (Å²) in [6.07, 6.45) is 3.77. The van der Waals surface area contributed by atoms with Crippen molar-refractivity contribution in [1.29, 1.82) is 0 Å². The fourth-order valence-electron chi connectivity index (χ4n) is 3.38. The minimum absolute atomic E-state index is 0.227. The molecule has 1 N–H and O–H groups in total. The maximum atomic E-state index is 12.6. The van der Waals surface area contributed by atoms with Crippen LogP contribution >= 0.6 is 0 Å². The molecule has 1 saturated heterocycles. The number of hydrogen-bond donors (Lipinski definition) is 1. The van der Waals surface area contributed by atoms with Gasteiger partial charge in [-0.05, 0) is 24.1 Å². The zero-order valence-electron chi connectivity index (χ0n) is 16.4. The predicted octanol–water partition coefficient (Wildman–Crippen LogP) is 2.85. The van der Waals surface area contributed by atoms with Gasteiger partial charge >= 0.3 is 0 Å². The number of anilines is 1. The monoisotopic (exact) mass is 380 g/mol. The molecule has 3 rings (SSSR count). The van der Waals surface area contributed by atoms with Crippen molar-refractivity contribution < 1.29 is 9.59 Å². The number of pyridine rings is 1. The molecule has 0 bridgehead atoms. The van der Waals surface area contributed by atoms with Gasteiger partial charge in [-0.1, -0.05) is 43.7 Å². The van der Waals surface area contributed by atoms with Crippen LogP contribution in [0.4, 0.5) is 5.82 Å². The molecule has 0 saturated carbocycles. The van der Waals surface area contributed by atoms with Crippen LogP contribution in [0.2, 0.25) is 0 Å². The summed E-state index contributed by atoms with van der Waals surface area (Å²) in [4.78, 5) is 33.5. The van der Waals surface area contributed by atoms with Gasteiger partial charge in [0.2, 0.25) is 5.91 Å². The lowest BCUT2D eigenvalue weighted by atomic mass is 10.1. The van der Waals surface area contributed by atoms with Gasteiger partial charge in [-0.15, -0.1) is 0 Å². The lowest BCUT2D eigenvalue weighted by molar-refractivity contribution is -0.120. The molecule has 2 aromatic rings. The second-order valence-corrected chi connectivity index (χ2v) is 7.10. The summed E-state index contributed by atoms with van der Waals surface area (Å²) >= 11 is 0. The molecule has 2 amide bonds. The smallest absolute Gasteiger partial charge is 0.261 e. The van der Waals surface area contributed by atoms with Crippen LogP contribution in [-0.4, -0.2) is 47.9 Å². The normalized spacial score (nSPS) is 14.7. The molecule has 2 heterocycles. The van der Waals surface area contributed by atoms with Crippen LogP contribution in [-0.2, 0) is 11.3 Å². The first-order valence-electron chi connectivity index (χ1n) is 9.98. The molecule has 0 atom stereocenters. The van der Waals surface area contributed by atoms with Crippen molar-refractivity contribution in [3.8, 4) is 0 Å². The van der Waals surface area contributed by atoms with Gasteiger partial charge in [-0.3, -0.25) is 19.8 Å². The third kappa shape index (κ3) is 5.39. The Labute approximate surface area is 166 Å². The predicted molar refractivity (Wildman–Crippen MR) is 110 cm³/mol. The van der Waals surface area contributed by atoms with Gasteiger partial charge in [0.15, 0.2) is 0 Å². The molecule has 148 valence electrons. The van der Waals surface area contributed by atoms with E-state index in [2.05, 4.69) is 44.4 Å². The van der Waals surface area contributed by atoms with E-state index in [0.717, 1.165) is 45.6 Å². The lowest BCUT2D eigenvalue weighted by Gasteiger charge is -2.36. The van der Waals surface area contributed by atoms with Crippen LogP contribution in [0.5, 0.6) is 0 Å². The zero-order chi connectivity index (χ0) is 19.8. The number of rotatable bonds is 7. The molecule has 0 spiro atoms. The van der Waals surface area contributed by atoms with Gasteiger partial charge < -0.3 is 4.90 Å². The molecule has 28 heavy (non-hydrogen) atoms. The van der Waals surface area contributed by atoms with Crippen LogP contribution in [0.15, 0.2) is 48.7 Å². The van der Waals surface area contributed by atoms with Crippen molar-refractivity contribution in [3.63, 3.8) is 0 Å². The second-order valence-electron chi connectivity index (χ2n) is 7.10. The highest BCUT2D eigenvalue weighted by atomic mass is 16.2. The average molecular weight is 380 g/mol. The van der Waals surface area contributed by atoms with Gasteiger partial charge in [0.1, 0.15) is 5.82 Å². The van der Waals surface area contributed by atoms with Crippen molar-refractivity contribution in [2.24, 2.45) is 0 Å². The van der Waals surface area contributed by atoms with Crippen LogP contribution < -0.4 is 10.2 Å². The van der Waals surface area contributed by atoms with Crippen molar-refractivity contribution in [2.45, 2.75) is 32.7 Å². The van der Waals surface area contributed by atoms with E-state index in [9.17, 15) is 9.59 Å². The largest absolute Gasteiger partial charge is 0.353 e. The van der Waals surface area contributed by atoms with E-state index in [1.165, 1.54) is 5.56 Å². The van der Waals surface area contributed by atoms with Crippen molar-refractivity contribution in [2.75, 3.05) is 31.1 Å². The molecule has 0 radical (unpaired) electrons. The maximum Gasteiger partial charge on any atom is 0.261 e. The maximum absolute atomic E-state index is 12.6. The number of hydrogen-bond acceptors (Lipinski definition) is 5. The van der Waals surface area contributed by atoms with Gasteiger partial charge in [-0.25, -0.2) is 4.98 Å². The summed E-state index contributed by atoms with van der Waals surface area (Å²) in [6, 6.07) is 13.9. The molecule has 1 fully saturated rings. The van der Waals surface area contributed by atoms with Gasteiger partial charge in [-0.2, -0.15) is 0 Å². The number of nitrogens with one attached hydrogen (secondary N) is 1. The molecule has 6 nitrogen and oxygen atoms in total. The number of amides is 2. The Bertz CT molecular complexity index is 786. The summed E-state index contributed by atoms with van der Waals surface area (Å²) in [6.45, 7) is 6.35. The van der Waals surface area contributed by atoms with Crippen molar-refractivity contribution >= 4 is 17.6 Å². The van der Waals surface area contributed by atoms with Gasteiger partial charge in [0, 0.05) is 45.3 Å². The number of carbonyl (C=O) groups excluding carboxylic acids is 2. The first-order chi connectivity index (χ1) is 13.7. The first-order valence-corrected chi connectivity index (χ1v) is 9.98. The fraction of sp³-hybridized carbons (Fsp3) is 0.409. The topological polar surface area (TPSA) is 65.5 Å². The number of nitrogens with zero attached hydrogens (tertiary/aromatic N) is 3. The summed E-state index contributed by atoms with van der Waals surface area (Å²) in [5.41, 5.74) is 1.77. The average Bonchev–Trinajstić information content (AvgIpc) is 2.73. The number of imide groups is 1. The quantitative estimate of drug-likeness (QED) is 0.800. The SMILES string of the molecule is CCCCC(=O)NC(=O)c1cccnc1N1CCN(Cc2ccccc2)CC1. The first kappa shape index (κ1) is 20.0. The standard InChI is InChI=1S/C22H28N4O2/c1-2-3-11-20(27)24-22(28)19-10-7-12-23-21(19)26-15-13-25(14-16-26)17-18-8-5-4-6-9-18/h4-10,12H,2-3,11,13-17H2,1H3,(H,24,27,28). The van der Waals surface area contributed by atoms with Crippen LogP contribution in [0.25, 0.3) is 0 Å². The molecule has 1 aliphatic rings. The Morgan fingerprint density at radius 1 is 1.04 bits per heavy atom. The van der Waals surface area contributed by atoms with E-state index < -0.39 is 0 Å². The fourth-order valence-corrected chi connectivity index (χ4v) is 3.38.